The fourth-order valence-electron chi connectivity index (χ4n) is 2.12. The highest BCUT2D eigenvalue weighted by atomic mass is 16.2. The van der Waals surface area contributed by atoms with Gasteiger partial charge in [-0.15, -0.1) is 0 Å². The Morgan fingerprint density at radius 1 is 1.10 bits per heavy atom. The maximum Gasteiger partial charge on any atom is 0.270 e. The molecule has 3 rings (SSSR count). The summed E-state index contributed by atoms with van der Waals surface area (Å²) in [6.45, 7) is 0. The van der Waals surface area contributed by atoms with Gasteiger partial charge in [-0.05, 0) is 24.3 Å². The molecule has 0 aliphatic carbocycles. The van der Waals surface area contributed by atoms with Gasteiger partial charge in [-0.3, -0.25) is 14.0 Å². The van der Waals surface area contributed by atoms with E-state index in [1.165, 1.54) is 15.5 Å². The van der Waals surface area contributed by atoms with E-state index in [4.69, 9.17) is 0 Å². The van der Waals surface area contributed by atoms with Gasteiger partial charge in [-0.25, -0.2) is 4.98 Å². The molecule has 0 saturated heterocycles. The number of carbonyl (C=O) groups excluding carboxylic acids is 1. The molecule has 5 nitrogen and oxygen atoms in total. The first-order chi connectivity index (χ1) is 10.2. The Hall–Kier alpha value is -2.95. The van der Waals surface area contributed by atoms with Gasteiger partial charge in [0.1, 0.15) is 11.2 Å². The Morgan fingerprint density at radius 2 is 1.81 bits per heavy atom. The zero-order chi connectivity index (χ0) is 14.8. The van der Waals surface area contributed by atoms with Gasteiger partial charge in [0.15, 0.2) is 0 Å². The number of pyridine rings is 1. The van der Waals surface area contributed by atoms with E-state index in [9.17, 15) is 9.59 Å². The fourth-order valence-corrected chi connectivity index (χ4v) is 2.12. The predicted molar refractivity (Wildman–Crippen MR) is 80.6 cm³/mol. The van der Waals surface area contributed by atoms with Crippen LogP contribution in [-0.4, -0.2) is 22.3 Å². The molecular weight excluding hydrogens is 266 g/mol. The number of fused-ring (bicyclic) bond motifs is 1. The number of hydrogen-bond acceptors (Lipinski definition) is 3. The largest absolute Gasteiger partial charge is 0.311 e. The van der Waals surface area contributed by atoms with Crippen LogP contribution in [0.1, 0.15) is 10.4 Å². The third-order valence-corrected chi connectivity index (χ3v) is 3.29. The van der Waals surface area contributed by atoms with Gasteiger partial charge in [0, 0.05) is 25.1 Å². The minimum Gasteiger partial charge on any atom is -0.311 e. The van der Waals surface area contributed by atoms with Crippen LogP contribution in [0.2, 0.25) is 0 Å². The lowest BCUT2D eigenvalue weighted by molar-refractivity contribution is 0.0991. The Kier molecular flexibility index (Phi) is 3.23. The van der Waals surface area contributed by atoms with Crippen LogP contribution in [0, 0.1) is 0 Å². The average Bonchev–Trinajstić information content (AvgIpc) is 2.55. The summed E-state index contributed by atoms with van der Waals surface area (Å²) in [5, 5.41) is 0. The lowest BCUT2D eigenvalue weighted by Gasteiger charge is -2.16. The highest BCUT2D eigenvalue weighted by molar-refractivity contribution is 6.05. The maximum absolute atomic E-state index is 12.5. The van der Waals surface area contributed by atoms with E-state index in [1.807, 2.05) is 30.3 Å². The summed E-state index contributed by atoms with van der Waals surface area (Å²) in [6, 6.07) is 14.4. The standard InChI is InChI=1S/C16H13N3O2/c1-18(12-7-3-2-4-8-12)15(20)13-11-17-14-9-5-6-10-19(14)16(13)21/h2-11H,1H3. The molecule has 0 N–H and O–H groups in total. The molecule has 0 fully saturated rings. The molecule has 104 valence electrons. The quantitative estimate of drug-likeness (QED) is 0.720. The van der Waals surface area contributed by atoms with Crippen molar-refractivity contribution in [1.82, 2.24) is 9.38 Å². The van der Waals surface area contributed by atoms with Crippen molar-refractivity contribution in [2.75, 3.05) is 11.9 Å². The molecule has 2 aromatic heterocycles. The molecule has 2 heterocycles. The number of rotatable bonds is 2. The van der Waals surface area contributed by atoms with Crippen LogP contribution in [0.25, 0.3) is 5.65 Å². The van der Waals surface area contributed by atoms with Crippen molar-refractivity contribution < 1.29 is 4.79 Å². The minimum atomic E-state index is -0.378. The van der Waals surface area contributed by atoms with Crippen molar-refractivity contribution >= 4 is 17.2 Å². The van der Waals surface area contributed by atoms with Crippen molar-refractivity contribution in [3.63, 3.8) is 0 Å². The summed E-state index contributed by atoms with van der Waals surface area (Å²) >= 11 is 0. The summed E-state index contributed by atoms with van der Waals surface area (Å²) in [4.78, 5) is 30.5. The van der Waals surface area contributed by atoms with Crippen LogP contribution in [-0.2, 0) is 0 Å². The molecule has 0 radical (unpaired) electrons. The van der Waals surface area contributed by atoms with Crippen molar-refractivity contribution in [1.29, 1.82) is 0 Å². The normalized spacial score (nSPS) is 10.5. The van der Waals surface area contributed by atoms with Crippen LogP contribution in [0.4, 0.5) is 5.69 Å². The van der Waals surface area contributed by atoms with Crippen LogP contribution in [0.3, 0.4) is 0 Å². The van der Waals surface area contributed by atoms with Crippen LogP contribution < -0.4 is 10.5 Å². The van der Waals surface area contributed by atoms with Crippen LogP contribution >= 0.6 is 0 Å². The van der Waals surface area contributed by atoms with E-state index in [-0.39, 0.29) is 17.0 Å². The number of carbonyl (C=O) groups is 1. The van der Waals surface area contributed by atoms with E-state index >= 15 is 0 Å². The summed E-state index contributed by atoms with van der Waals surface area (Å²) in [5.41, 5.74) is 0.917. The molecule has 21 heavy (non-hydrogen) atoms. The summed E-state index contributed by atoms with van der Waals surface area (Å²) in [5.74, 6) is -0.378. The molecule has 1 amide bonds. The second kappa shape index (κ2) is 5.20. The highest BCUT2D eigenvalue weighted by Gasteiger charge is 2.18. The minimum absolute atomic E-state index is 0.0463. The van der Waals surface area contributed by atoms with E-state index in [2.05, 4.69) is 4.98 Å². The number of para-hydroxylation sites is 1. The lowest BCUT2D eigenvalue weighted by Crippen LogP contribution is -2.33. The second-order valence-corrected chi connectivity index (χ2v) is 4.61. The molecule has 0 spiro atoms. The lowest BCUT2D eigenvalue weighted by atomic mass is 10.2. The second-order valence-electron chi connectivity index (χ2n) is 4.61. The number of amides is 1. The van der Waals surface area contributed by atoms with E-state index in [0.29, 0.717) is 5.65 Å². The van der Waals surface area contributed by atoms with Gasteiger partial charge in [-0.1, -0.05) is 24.3 Å². The van der Waals surface area contributed by atoms with Gasteiger partial charge in [0.05, 0.1) is 0 Å². The Morgan fingerprint density at radius 3 is 2.57 bits per heavy atom. The molecule has 0 aliphatic rings. The topological polar surface area (TPSA) is 54.7 Å². The number of nitrogens with zero attached hydrogens (tertiary/aromatic N) is 3. The van der Waals surface area contributed by atoms with Crippen molar-refractivity contribution in [3.8, 4) is 0 Å². The van der Waals surface area contributed by atoms with Crippen molar-refractivity contribution in [2.24, 2.45) is 0 Å². The van der Waals surface area contributed by atoms with Gasteiger partial charge in [-0.2, -0.15) is 0 Å². The molecule has 3 aromatic rings. The highest BCUT2D eigenvalue weighted by Crippen LogP contribution is 2.13. The number of anilines is 1. The SMILES string of the molecule is CN(C(=O)c1cnc2ccccn2c1=O)c1ccccc1. The predicted octanol–water partition coefficient (Wildman–Crippen LogP) is 1.97. The average molecular weight is 279 g/mol. The molecule has 0 unspecified atom stereocenters. The summed E-state index contributed by atoms with van der Waals surface area (Å²) < 4.78 is 1.37. The van der Waals surface area contributed by atoms with Gasteiger partial charge in [0.25, 0.3) is 11.5 Å². The van der Waals surface area contributed by atoms with E-state index in [1.54, 1.807) is 31.4 Å². The molecule has 0 atom stereocenters. The molecule has 0 aliphatic heterocycles. The Balaban J connectivity index is 2.06. The van der Waals surface area contributed by atoms with Crippen molar-refractivity contribution in [2.45, 2.75) is 0 Å². The molecule has 0 bridgehead atoms. The van der Waals surface area contributed by atoms with Crippen LogP contribution in [0.5, 0.6) is 0 Å². The molecule has 5 heteroatoms. The Labute approximate surface area is 121 Å². The zero-order valence-corrected chi connectivity index (χ0v) is 11.4. The molecule has 1 aromatic carbocycles. The number of hydrogen-bond donors (Lipinski definition) is 0. The number of benzene rings is 1. The first-order valence-electron chi connectivity index (χ1n) is 6.48. The van der Waals surface area contributed by atoms with E-state index in [0.717, 1.165) is 5.69 Å². The molecule has 0 saturated carbocycles. The first kappa shape index (κ1) is 13.1. The Bertz CT molecular complexity index is 856. The first-order valence-corrected chi connectivity index (χ1v) is 6.48. The van der Waals surface area contributed by atoms with Gasteiger partial charge < -0.3 is 4.90 Å². The molecular formula is C16H13N3O2. The third-order valence-electron chi connectivity index (χ3n) is 3.29. The summed E-state index contributed by atoms with van der Waals surface area (Å²) in [7, 11) is 1.64. The smallest absolute Gasteiger partial charge is 0.270 e. The van der Waals surface area contributed by atoms with Crippen LogP contribution in [0.15, 0.2) is 65.7 Å². The third kappa shape index (κ3) is 2.29. The zero-order valence-electron chi connectivity index (χ0n) is 11.4. The van der Waals surface area contributed by atoms with Crippen molar-refractivity contribution in [3.05, 3.63) is 76.8 Å². The van der Waals surface area contributed by atoms with E-state index < -0.39 is 0 Å². The van der Waals surface area contributed by atoms with Gasteiger partial charge in [0.2, 0.25) is 0 Å². The monoisotopic (exact) mass is 279 g/mol. The fraction of sp³-hybridized carbons (Fsp3) is 0.0625. The summed E-state index contributed by atoms with van der Waals surface area (Å²) in [6.07, 6.45) is 2.93. The maximum atomic E-state index is 12.5. The van der Waals surface area contributed by atoms with Gasteiger partial charge >= 0.3 is 0 Å². The number of aromatic nitrogens is 2.